The second kappa shape index (κ2) is 5.12. The minimum Gasteiger partial charge on any atom is -0.435 e. The van der Waals surface area contributed by atoms with E-state index in [0.29, 0.717) is 22.1 Å². The number of benzene rings is 2. The highest BCUT2D eigenvalue weighted by atomic mass is 79.9. The predicted molar refractivity (Wildman–Crippen MR) is 88.9 cm³/mol. The van der Waals surface area contributed by atoms with Gasteiger partial charge in [-0.1, -0.05) is 17.7 Å². The third-order valence-corrected chi connectivity index (χ3v) is 5.34. The van der Waals surface area contributed by atoms with Gasteiger partial charge in [0, 0.05) is 4.47 Å². The van der Waals surface area contributed by atoms with Crippen LogP contribution < -0.4 is 0 Å². The van der Waals surface area contributed by atoms with Crippen LogP contribution in [0, 0.1) is 11.3 Å². The van der Waals surface area contributed by atoms with Crippen molar-refractivity contribution in [2.45, 2.75) is 19.3 Å². The number of hydrogen-bond acceptors (Lipinski definition) is 3. The molecule has 0 saturated heterocycles. The molecule has 0 aliphatic heterocycles. The number of oxazole rings is 1. The van der Waals surface area contributed by atoms with Crippen LogP contribution in [0.2, 0.25) is 5.02 Å². The largest absolute Gasteiger partial charge is 0.435 e. The maximum Gasteiger partial charge on any atom is 0.228 e. The van der Waals surface area contributed by atoms with E-state index in [-0.39, 0.29) is 0 Å². The van der Waals surface area contributed by atoms with E-state index in [0.717, 1.165) is 40.4 Å². The van der Waals surface area contributed by atoms with Crippen LogP contribution >= 0.6 is 27.5 Å². The first-order valence-electron chi connectivity index (χ1n) is 6.99. The summed E-state index contributed by atoms with van der Waals surface area (Å²) in [4.78, 5) is 4.55. The van der Waals surface area contributed by atoms with Crippen molar-refractivity contribution in [3.8, 4) is 17.5 Å². The van der Waals surface area contributed by atoms with Gasteiger partial charge >= 0.3 is 0 Å². The molecule has 5 heteroatoms. The van der Waals surface area contributed by atoms with E-state index >= 15 is 0 Å². The molecule has 0 amide bonds. The van der Waals surface area contributed by atoms with Crippen LogP contribution in [0.3, 0.4) is 0 Å². The molecule has 3 aromatic rings. The number of fused-ring (bicyclic) bond motifs is 2. The second-order valence-electron chi connectivity index (χ2n) is 5.32. The second-order valence-corrected chi connectivity index (χ2v) is 6.56. The fourth-order valence-corrected chi connectivity index (χ4v) is 3.60. The smallest absolute Gasteiger partial charge is 0.228 e. The molecule has 22 heavy (non-hydrogen) atoms. The summed E-state index contributed by atoms with van der Waals surface area (Å²) in [5.41, 5.74) is 4.95. The summed E-state index contributed by atoms with van der Waals surface area (Å²) in [7, 11) is 0. The van der Waals surface area contributed by atoms with Crippen molar-refractivity contribution in [3.63, 3.8) is 0 Å². The van der Waals surface area contributed by atoms with Crippen molar-refractivity contribution in [2.24, 2.45) is 0 Å². The normalized spacial score (nSPS) is 13.3. The first kappa shape index (κ1) is 13.8. The van der Waals surface area contributed by atoms with Gasteiger partial charge in [0.1, 0.15) is 17.1 Å². The number of nitrogens with zero attached hydrogens (tertiary/aromatic N) is 2. The van der Waals surface area contributed by atoms with Crippen molar-refractivity contribution < 1.29 is 4.42 Å². The van der Waals surface area contributed by atoms with E-state index in [9.17, 15) is 5.26 Å². The van der Waals surface area contributed by atoms with Crippen molar-refractivity contribution in [1.82, 2.24) is 4.98 Å². The molecule has 0 saturated carbocycles. The Labute approximate surface area is 140 Å². The Morgan fingerprint density at radius 1 is 1.32 bits per heavy atom. The zero-order valence-corrected chi connectivity index (χ0v) is 13.8. The third kappa shape index (κ3) is 1.97. The van der Waals surface area contributed by atoms with Gasteiger partial charge in [0.2, 0.25) is 5.89 Å². The van der Waals surface area contributed by atoms with E-state index < -0.39 is 0 Å². The summed E-state index contributed by atoms with van der Waals surface area (Å²) in [6.07, 6.45) is 3.02. The fraction of sp³-hybridized carbons (Fsp3) is 0.176. The predicted octanol–water partition coefficient (Wildman–Crippen LogP) is 5.27. The molecule has 0 atom stereocenters. The maximum absolute atomic E-state index is 9.51. The molecular formula is C17H10BrClN2O. The van der Waals surface area contributed by atoms with Gasteiger partial charge < -0.3 is 4.42 Å². The van der Waals surface area contributed by atoms with E-state index in [2.05, 4.69) is 27.0 Å². The van der Waals surface area contributed by atoms with Crippen LogP contribution in [-0.4, -0.2) is 4.98 Å². The van der Waals surface area contributed by atoms with E-state index in [1.54, 1.807) is 0 Å². The Morgan fingerprint density at radius 2 is 2.18 bits per heavy atom. The Bertz CT molecular complexity index is 955. The summed E-state index contributed by atoms with van der Waals surface area (Å²) >= 11 is 9.72. The Hall–Kier alpha value is -1.83. The van der Waals surface area contributed by atoms with Gasteiger partial charge in [0.15, 0.2) is 5.58 Å². The first-order valence-corrected chi connectivity index (χ1v) is 8.16. The van der Waals surface area contributed by atoms with E-state index in [1.807, 2.05) is 24.3 Å². The first-order chi connectivity index (χ1) is 10.7. The summed E-state index contributed by atoms with van der Waals surface area (Å²) in [6, 6.07) is 9.93. The van der Waals surface area contributed by atoms with Crippen LogP contribution in [0.25, 0.3) is 22.6 Å². The van der Waals surface area contributed by atoms with Crippen LogP contribution in [0.4, 0.5) is 0 Å². The summed E-state index contributed by atoms with van der Waals surface area (Å²) in [5.74, 6) is 0.446. The highest BCUT2D eigenvalue weighted by Gasteiger charge is 2.22. The molecule has 1 heterocycles. The fourth-order valence-electron chi connectivity index (χ4n) is 3.03. The van der Waals surface area contributed by atoms with Crippen LogP contribution in [0.1, 0.15) is 23.1 Å². The molecule has 0 spiro atoms. The Morgan fingerprint density at radius 3 is 3.00 bits per heavy atom. The average Bonchev–Trinajstić information content (AvgIpc) is 3.13. The monoisotopic (exact) mass is 372 g/mol. The van der Waals surface area contributed by atoms with Gasteiger partial charge in [-0.25, -0.2) is 4.98 Å². The highest BCUT2D eigenvalue weighted by Crippen LogP contribution is 2.37. The number of aryl methyl sites for hydroxylation is 1. The molecule has 0 radical (unpaired) electrons. The third-order valence-electron chi connectivity index (χ3n) is 4.05. The lowest BCUT2D eigenvalue weighted by molar-refractivity contribution is 0.618. The molecule has 2 aromatic carbocycles. The molecule has 1 aromatic heterocycles. The lowest BCUT2D eigenvalue weighted by Gasteiger charge is -2.01. The lowest BCUT2D eigenvalue weighted by Crippen LogP contribution is -1.89. The quantitative estimate of drug-likeness (QED) is 0.584. The zero-order chi connectivity index (χ0) is 15.3. The molecule has 0 unspecified atom stereocenters. The number of aromatic nitrogens is 1. The van der Waals surface area contributed by atoms with Crippen molar-refractivity contribution in [2.75, 3.05) is 0 Å². The zero-order valence-electron chi connectivity index (χ0n) is 11.5. The molecule has 108 valence electrons. The van der Waals surface area contributed by atoms with E-state index in [4.69, 9.17) is 16.0 Å². The summed E-state index contributed by atoms with van der Waals surface area (Å²) in [6.45, 7) is 0. The van der Waals surface area contributed by atoms with E-state index in [1.165, 1.54) is 5.56 Å². The Balaban J connectivity index is 1.99. The molecular weight excluding hydrogens is 364 g/mol. The van der Waals surface area contributed by atoms with Gasteiger partial charge in [-0.05, 0) is 64.5 Å². The van der Waals surface area contributed by atoms with Crippen LogP contribution in [0.5, 0.6) is 0 Å². The number of rotatable bonds is 1. The molecule has 0 fully saturated rings. The van der Waals surface area contributed by atoms with Crippen molar-refractivity contribution >= 4 is 38.6 Å². The van der Waals surface area contributed by atoms with Crippen LogP contribution in [0.15, 0.2) is 33.2 Å². The SMILES string of the molecule is N#Cc1c2c(cc3nc(-c4cccc(Br)c4Cl)oc13)CCC2. The minimum absolute atomic E-state index is 0.446. The molecule has 3 nitrogen and oxygen atoms in total. The van der Waals surface area contributed by atoms with Gasteiger partial charge in [-0.2, -0.15) is 5.26 Å². The topological polar surface area (TPSA) is 49.8 Å². The molecule has 4 rings (SSSR count). The molecule has 0 N–H and O–H groups in total. The lowest BCUT2D eigenvalue weighted by atomic mass is 10.0. The molecule has 0 bridgehead atoms. The van der Waals surface area contributed by atoms with Crippen molar-refractivity contribution in [1.29, 1.82) is 5.26 Å². The molecule has 1 aliphatic rings. The minimum atomic E-state index is 0.446. The highest BCUT2D eigenvalue weighted by molar-refractivity contribution is 9.10. The molecule has 1 aliphatic carbocycles. The van der Waals surface area contributed by atoms with Gasteiger partial charge in [-0.3, -0.25) is 0 Å². The van der Waals surface area contributed by atoms with Crippen LogP contribution in [-0.2, 0) is 12.8 Å². The number of halogens is 2. The number of hydrogen-bond donors (Lipinski definition) is 0. The Kier molecular flexibility index (Phi) is 3.21. The van der Waals surface area contributed by atoms with Gasteiger partial charge in [-0.15, -0.1) is 0 Å². The summed E-state index contributed by atoms with van der Waals surface area (Å²) < 4.78 is 6.69. The maximum atomic E-state index is 9.51. The number of nitriles is 1. The summed E-state index contributed by atoms with van der Waals surface area (Å²) in [5, 5.41) is 10.1. The average molecular weight is 374 g/mol. The standard InChI is InChI=1S/C17H10BrClN2O/c18-13-6-2-5-11(15(13)19)17-21-14-7-9-3-1-4-10(9)12(8-20)16(14)22-17/h2,5-7H,1,3-4H2. The van der Waals surface area contributed by atoms with Crippen molar-refractivity contribution in [3.05, 3.63) is 50.5 Å². The van der Waals surface area contributed by atoms with Gasteiger partial charge in [0.25, 0.3) is 0 Å². The van der Waals surface area contributed by atoms with Gasteiger partial charge in [0.05, 0.1) is 10.6 Å².